The summed E-state index contributed by atoms with van der Waals surface area (Å²) in [6, 6.07) is 11.9. The zero-order valence-corrected chi connectivity index (χ0v) is 14.2. The Morgan fingerprint density at radius 1 is 1.16 bits per heavy atom. The van der Waals surface area contributed by atoms with Crippen molar-refractivity contribution in [2.45, 2.75) is 13.3 Å². The molecule has 2 unspecified atom stereocenters. The SMILES string of the molecule is COc1ccc(N)c(NC(=O)c2cccc(NC(=O)C3CC3C)c2)c1. The van der Waals surface area contributed by atoms with Crippen LogP contribution in [0.1, 0.15) is 23.7 Å². The largest absolute Gasteiger partial charge is 0.497 e. The molecule has 1 saturated carbocycles. The van der Waals surface area contributed by atoms with Gasteiger partial charge in [-0.15, -0.1) is 0 Å². The van der Waals surface area contributed by atoms with Crippen LogP contribution in [0.2, 0.25) is 0 Å². The molecule has 0 radical (unpaired) electrons. The number of hydrogen-bond donors (Lipinski definition) is 3. The summed E-state index contributed by atoms with van der Waals surface area (Å²) in [4.78, 5) is 24.5. The number of hydrogen-bond acceptors (Lipinski definition) is 4. The van der Waals surface area contributed by atoms with E-state index in [4.69, 9.17) is 10.5 Å². The summed E-state index contributed by atoms with van der Waals surface area (Å²) >= 11 is 0. The van der Waals surface area contributed by atoms with Crippen LogP contribution in [0.4, 0.5) is 17.1 Å². The Kier molecular flexibility index (Phi) is 4.61. The van der Waals surface area contributed by atoms with Crippen molar-refractivity contribution in [2.75, 3.05) is 23.5 Å². The third kappa shape index (κ3) is 3.91. The van der Waals surface area contributed by atoms with Gasteiger partial charge < -0.3 is 21.1 Å². The Morgan fingerprint density at radius 2 is 1.92 bits per heavy atom. The van der Waals surface area contributed by atoms with E-state index in [2.05, 4.69) is 10.6 Å². The van der Waals surface area contributed by atoms with Crippen molar-refractivity contribution in [3.63, 3.8) is 0 Å². The molecule has 3 rings (SSSR count). The first-order valence-electron chi connectivity index (χ1n) is 8.13. The van der Waals surface area contributed by atoms with E-state index >= 15 is 0 Å². The molecule has 6 nitrogen and oxygen atoms in total. The van der Waals surface area contributed by atoms with Gasteiger partial charge >= 0.3 is 0 Å². The fourth-order valence-corrected chi connectivity index (χ4v) is 2.63. The average Bonchev–Trinajstić information content (AvgIpc) is 3.34. The van der Waals surface area contributed by atoms with Gasteiger partial charge in [0, 0.05) is 23.2 Å². The Hall–Kier alpha value is -3.02. The molecular formula is C19H21N3O3. The second kappa shape index (κ2) is 6.84. The summed E-state index contributed by atoms with van der Waals surface area (Å²) < 4.78 is 5.14. The minimum atomic E-state index is -0.309. The highest BCUT2D eigenvalue weighted by Gasteiger charge is 2.39. The lowest BCUT2D eigenvalue weighted by Gasteiger charge is -2.11. The van der Waals surface area contributed by atoms with Crippen LogP contribution >= 0.6 is 0 Å². The molecule has 0 aliphatic heterocycles. The Labute approximate surface area is 146 Å². The van der Waals surface area contributed by atoms with Crippen LogP contribution in [-0.4, -0.2) is 18.9 Å². The summed E-state index contributed by atoms with van der Waals surface area (Å²) in [5, 5.41) is 5.63. The van der Waals surface area contributed by atoms with Crippen molar-refractivity contribution in [2.24, 2.45) is 11.8 Å². The minimum Gasteiger partial charge on any atom is -0.497 e. The minimum absolute atomic E-state index is 0.00194. The van der Waals surface area contributed by atoms with Crippen molar-refractivity contribution in [1.29, 1.82) is 0 Å². The zero-order valence-electron chi connectivity index (χ0n) is 14.2. The van der Waals surface area contributed by atoms with Crippen LogP contribution in [0.15, 0.2) is 42.5 Å². The summed E-state index contributed by atoms with van der Waals surface area (Å²) in [6.45, 7) is 2.05. The lowest BCUT2D eigenvalue weighted by atomic mass is 10.1. The molecule has 1 aliphatic rings. The van der Waals surface area contributed by atoms with E-state index in [1.807, 2.05) is 6.92 Å². The predicted molar refractivity (Wildman–Crippen MR) is 97.7 cm³/mol. The fraction of sp³-hybridized carbons (Fsp3) is 0.263. The van der Waals surface area contributed by atoms with Gasteiger partial charge in [0.05, 0.1) is 18.5 Å². The molecule has 6 heteroatoms. The number of benzene rings is 2. The third-order valence-corrected chi connectivity index (χ3v) is 4.35. The van der Waals surface area contributed by atoms with Crippen molar-refractivity contribution >= 4 is 28.9 Å². The zero-order chi connectivity index (χ0) is 18.0. The second-order valence-electron chi connectivity index (χ2n) is 6.30. The third-order valence-electron chi connectivity index (χ3n) is 4.35. The molecule has 2 aromatic rings. The van der Waals surface area contributed by atoms with Crippen LogP contribution in [0.25, 0.3) is 0 Å². The molecule has 0 saturated heterocycles. The number of anilines is 3. The van der Waals surface area contributed by atoms with Crippen LogP contribution in [-0.2, 0) is 4.79 Å². The summed E-state index contributed by atoms with van der Waals surface area (Å²) in [5.41, 5.74) is 7.86. The second-order valence-corrected chi connectivity index (χ2v) is 6.30. The molecule has 4 N–H and O–H groups in total. The number of nitrogen functional groups attached to an aromatic ring is 1. The molecular weight excluding hydrogens is 318 g/mol. The highest BCUT2D eigenvalue weighted by atomic mass is 16.5. The van der Waals surface area contributed by atoms with Gasteiger partial charge in [-0.1, -0.05) is 13.0 Å². The van der Waals surface area contributed by atoms with Gasteiger partial charge in [0.1, 0.15) is 5.75 Å². The van der Waals surface area contributed by atoms with E-state index in [-0.39, 0.29) is 17.7 Å². The maximum Gasteiger partial charge on any atom is 0.255 e. The van der Waals surface area contributed by atoms with Crippen molar-refractivity contribution in [3.05, 3.63) is 48.0 Å². The lowest BCUT2D eigenvalue weighted by molar-refractivity contribution is -0.117. The first kappa shape index (κ1) is 16.8. The van der Waals surface area contributed by atoms with Crippen molar-refractivity contribution in [3.8, 4) is 5.75 Å². The Bertz CT molecular complexity index is 819. The predicted octanol–water partition coefficient (Wildman–Crippen LogP) is 3.12. The number of carbonyl (C=O) groups is 2. The van der Waals surface area contributed by atoms with Crippen molar-refractivity contribution in [1.82, 2.24) is 0 Å². The fourth-order valence-electron chi connectivity index (χ4n) is 2.63. The molecule has 2 atom stereocenters. The normalized spacial score (nSPS) is 18.3. The van der Waals surface area contributed by atoms with E-state index in [0.29, 0.717) is 34.3 Å². The maximum atomic E-state index is 12.5. The smallest absolute Gasteiger partial charge is 0.255 e. The van der Waals surface area contributed by atoms with Gasteiger partial charge in [-0.2, -0.15) is 0 Å². The Morgan fingerprint density at radius 3 is 2.60 bits per heavy atom. The molecule has 25 heavy (non-hydrogen) atoms. The van der Waals surface area contributed by atoms with Crippen LogP contribution in [0.5, 0.6) is 5.75 Å². The number of nitrogens with one attached hydrogen (secondary N) is 2. The van der Waals surface area contributed by atoms with E-state index in [1.54, 1.807) is 49.6 Å². The average molecular weight is 339 g/mol. The molecule has 0 spiro atoms. The number of methoxy groups -OCH3 is 1. The summed E-state index contributed by atoms with van der Waals surface area (Å²) in [6.07, 6.45) is 0.918. The monoisotopic (exact) mass is 339 g/mol. The van der Waals surface area contributed by atoms with E-state index in [9.17, 15) is 9.59 Å². The quantitative estimate of drug-likeness (QED) is 0.730. The molecule has 2 aromatic carbocycles. The number of rotatable bonds is 5. The molecule has 1 aliphatic carbocycles. The molecule has 0 bridgehead atoms. The Balaban J connectivity index is 1.72. The molecule has 0 aromatic heterocycles. The number of ether oxygens (including phenoxy) is 1. The van der Waals surface area contributed by atoms with Crippen LogP contribution < -0.4 is 21.1 Å². The van der Waals surface area contributed by atoms with E-state index < -0.39 is 0 Å². The first-order chi connectivity index (χ1) is 12.0. The molecule has 1 fully saturated rings. The number of amides is 2. The highest BCUT2D eigenvalue weighted by Crippen LogP contribution is 2.38. The highest BCUT2D eigenvalue weighted by molar-refractivity contribution is 6.07. The molecule has 0 heterocycles. The van der Waals surface area contributed by atoms with Gasteiger partial charge in [0.15, 0.2) is 0 Å². The topological polar surface area (TPSA) is 93.4 Å². The maximum absolute atomic E-state index is 12.5. The summed E-state index contributed by atoms with van der Waals surface area (Å²) in [5.74, 6) is 0.804. The molecule has 130 valence electrons. The first-order valence-corrected chi connectivity index (χ1v) is 8.13. The number of nitrogens with two attached hydrogens (primary N) is 1. The van der Waals surface area contributed by atoms with Gasteiger partial charge in [-0.3, -0.25) is 9.59 Å². The van der Waals surface area contributed by atoms with Gasteiger partial charge in [-0.25, -0.2) is 0 Å². The van der Waals surface area contributed by atoms with E-state index in [1.165, 1.54) is 0 Å². The van der Waals surface area contributed by atoms with Gasteiger partial charge in [-0.05, 0) is 42.7 Å². The van der Waals surface area contributed by atoms with E-state index in [0.717, 1.165) is 6.42 Å². The van der Waals surface area contributed by atoms with Gasteiger partial charge in [0.2, 0.25) is 5.91 Å². The number of carbonyl (C=O) groups excluding carboxylic acids is 2. The summed E-state index contributed by atoms with van der Waals surface area (Å²) in [7, 11) is 1.55. The van der Waals surface area contributed by atoms with Crippen molar-refractivity contribution < 1.29 is 14.3 Å². The van der Waals surface area contributed by atoms with Gasteiger partial charge in [0.25, 0.3) is 5.91 Å². The molecule has 2 amide bonds. The van der Waals surface area contributed by atoms with Crippen LogP contribution in [0, 0.1) is 11.8 Å². The van der Waals surface area contributed by atoms with Crippen LogP contribution in [0.3, 0.4) is 0 Å². The standard InChI is InChI=1S/C19H21N3O3/c1-11-8-15(11)19(24)21-13-5-3-4-12(9-13)18(23)22-17-10-14(25-2)6-7-16(17)20/h3-7,9-11,15H,8,20H2,1-2H3,(H,21,24)(H,22,23). The lowest BCUT2D eigenvalue weighted by Crippen LogP contribution is -2.16.